The predicted molar refractivity (Wildman–Crippen MR) is 34.7 cm³/mol. The summed E-state index contributed by atoms with van der Waals surface area (Å²) in [6, 6.07) is 0. The molecule has 2 unspecified atom stereocenters. The molecule has 0 heterocycles. The summed E-state index contributed by atoms with van der Waals surface area (Å²) < 4.78 is 0. The smallest absolute Gasteiger partial charge is 0.169 e. The van der Waals surface area contributed by atoms with E-state index in [1.54, 1.807) is 0 Å². The maximum atomic E-state index is 9.09. The minimum atomic E-state index is -1.35. The Balaban J connectivity index is 2.52. The fraction of sp³-hybridized carbons (Fsp3) is 1.00. The van der Waals surface area contributed by atoms with Crippen LogP contribution in [0.4, 0.5) is 0 Å². The van der Waals surface area contributed by atoms with Gasteiger partial charge in [-0.15, -0.1) is 0 Å². The zero-order valence-corrected chi connectivity index (χ0v) is 6.13. The lowest BCUT2D eigenvalue weighted by Crippen LogP contribution is -2.12. The van der Waals surface area contributed by atoms with E-state index in [9.17, 15) is 0 Å². The van der Waals surface area contributed by atoms with Gasteiger partial charge >= 0.3 is 0 Å². The van der Waals surface area contributed by atoms with Crippen LogP contribution in [-0.4, -0.2) is 16.0 Å². The van der Waals surface area contributed by atoms with Crippen molar-refractivity contribution in [2.75, 3.05) is 0 Å². The zero-order chi connectivity index (χ0) is 7.23. The summed E-state index contributed by atoms with van der Waals surface area (Å²) in [5.74, 6) is -0.807. The third-order valence-electron chi connectivity index (χ3n) is 2.31. The Labute approximate surface area is 55.5 Å². The van der Waals surface area contributed by atoms with Gasteiger partial charge in [0.2, 0.25) is 0 Å². The van der Waals surface area contributed by atoms with Gasteiger partial charge in [-0.3, -0.25) is 0 Å². The third kappa shape index (κ3) is 0.864. The molecule has 1 saturated carbocycles. The molecule has 0 radical (unpaired) electrons. The van der Waals surface area contributed by atoms with Crippen molar-refractivity contribution in [3.8, 4) is 0 Å². The van der Waals surface area contributed by atoms with Gasteiger partial charge < -0.3 is 10.2 Å². The molecule has 0 spiro atoms. The normalized spacial score (nSPS) is 39.3. The summed E-state index contributed by atoms with van der Waals surface area (Å²) in [4.78, 5) is 0. The number of aliphatic hydroxyl groups is 2. The second-order valence-corrected chi connectivity index (χ2v) is 3.34. The van der Waals surface area contributed by atoms with Gasteiger partial charge in [0.05, 0.1) is 0 Å². The van der Waals surface area contributed by atoms with Crippen LogP contribution in [0, 0.1) is 17.8 Å². The first kappa shape index (κ1) is 7.03. The number of rotatable bonds is 1. The molecule has 54 valence electrons. The molecule has 0 saturated heterocycles. The standard InChI is InChI=1S/C7H14O2/c1-4(2)6-5(3)7(6,8)9/h4-6,8-9H,1-3H3. The van der Waals surface area contributed by atoms with E-state index < -0.39 is 5.79 Å². The van der Waals surface area contributed by atoms with E-state index >= 15 is 0 Å². The largest absolute Gasteiger partial charge is 0.365 e. The van der Waals surface area contributed by atoms with Crippen molar-refractivity contribution >= 4 is 0 Å². The lowest BCUT2D eigenvalue weighted by atomic mass is 10.1. The van der Waals surface area contributed by atoms with Crippen LogP contribution in [0.25, 0.3) is 0 Å². The maximum absolute atomic E-state index is 9.09. The van der Waals surface area contributed by atoms with Crippen molar-refractivity contribution in [1.29, 1.82) is 0 Å². The monoisotopic (exact) mass is 130 g/mol. The highest BCUT2D eigenvalue weighted by molar-refractivity contribution is 5.02. The molecule has 0 bridgehead atoms. The molecular formula is C7H14O2. The van der Waals surface area contributed by atoms with Crippen LogP contribution in [0.1, 0.15) is 20.8 Å². The molecule has 2 N–H and O–H groups in total. The predicted octanol–water partition coefficient (Wildman–Crippen LogP) is 0.589. The van der Waals surface area contributed by atoms with Crippen molar-refractivity contribution in [3.63, 3.8) is 0 Å². The highest BCUT2D eigenvalue weighted by Crippen LogP contribution is 2.52. The molecule has 0 aromatic rings. The molecule has 0 amide bonds. The lowest BCUT2D eigenvalue weighted by Gasteiger charge is -2.02. The molecule has 2 nitrogen and oxygen atoms in total. The minimum absolute atomic E-state index is 0.0671. The van der Waals surface area contributed by atoms with Gasteiger partial charge in [0, 0.05) is 11.8 Å². The molecule has 1 aliphatic carbocycles. The topological polar surface area (TPSA) is 40.5 Å². The minimum Gasteiger partial charge on any atom is -0.365 e. The van der Waals surface area contributed by atoms with Gasteiger partial charge in [-0.25, -0.2) is 0 Å². The Morgan fingerprint density at radius 3 is 1.67 bits per heavy atom. The molecule has 0 aromatic carbocycles. The van der Waals surface area contributed by atoms with E-state index in [1.165, 1.54) is 0 Å². The Bertz CT molecular complexity index is 118. The molecular weight excluding hydrogens is 116 g/mol. The summed E-state index contributed by atoms with van der Waals surface area (Å²) >= 11 is 0. The Hall–Kier alpha value is -0.0800. The van der Waals surface area contributed by atoms with Crippen LogP contribution in [0.2, 0.25) is 0 Å². The third-order valence-corrected chi connectivity index (χ3v) is 2.31. The summed E-state index contributed by atoms with van der Waals surface area (Å²) in [7, 11) is 0. The van der Waals surface area contributed by atoms with Gasteiger partial charge in [0.25, 0.3) is 0 Å². The average Bonchev–Trinajstić information content (AvgIpc) is 2.07. The quantitative estimate of drug-likeness (QED) is 0.510. The van der Waals surface area contributed by atoms with Gasteiger partial charge in [-0.1, -0.05) is 20.8 Å². The van der Waals surface area contributed by atoms with E-state index in [4.69, 9.17) is 10.2 Å². The highest BCUT2D eigenvalue weighted by Gasteiger charge is 2.61. The van der Waals surface area contributed by atoms with E-state index in [1.807, 2.05) is 20.8 Å². The van der Waals surface area contributed by atoms with E-state index in [0.29, 0.717) is 5.92 Å². The maximum Gasteiger partial charge on any atom is 0.169 e. The molecule has 1 fully saturated rings. The van der Waals surface area contributed by atoms with E-state index in [0.717, 1.165) is 0 Å². The van der Waals surface area contributed by atoms with Gasteiger partial charge in [0.15, 0.2) is 5.79 Å². The van der Waals surface area contributed by atoms with E-state index in [-0.39, 0.29) is 11.8 Å². The first-order valence-electron chi connectivity index (χ1n) is 3.42. The molecule has 0 aliphatic heterocycles. The fourth-order valence-corrected chi connectivity index (χ4v) is 1.63. The fourth-order valence-electron chi connectivity index (χ4n) is 1.63. The Kier molecular flexibility index (Phi) is 1.33. The SMILES string of the molecule is CC(C)C1C(C)C1(O)O. The van der Waals surface area contributed by atoms with Crippen LogP contribution >= 0.6 is 0 Å². The Morgan fingerprint density at radius 1 is 1.33 bits per heavy atom. The van der Waals surface area contributed by atoms with Gasteiger partial charge in [-0.2, -0.15) is 0 Å². The second-order valence-electron chi connectivity index (χ2n) is 3.34. The van der Waals surface area contributed by atoms with Crippen LogP contribution in [-0.2, 0) is 0 Å². The van der Waals surface area contributed by atoms with Crippen LogP contribution in [0.3, 0.4) is 0 Å². The van der Waals surface area contributed by atoms with Crippen LogP contribution in [0.5, 0.6) is 0 Å². The average molecular weight is 130 g/mol. The highest BCUT2D eigenvalue weighted by atomic mass is 16.5. The number of hydrogen-bond donors (Lipinski definition) is 2. The van der Waals surface area contributed by atoms with Gasteiger partial charge in [0.1, 0.15) is 0 Å². The molecule has 1 rings (SSSR count). The summed E-state index contributed by atoms with van der Waals surface area (Å²) in [6.45, 7) is 5.88. The molecule has 9 heavy (non-hydrogen) atoms. The summed E-state index contributed by atoms with van der Waals surface area (Å²) in [5.41, 5.74) is 0. The van der Waals surface area contributed by atoms with Crippen LogP contribution < -0.4 is 0 Å². The second kappa shape index (κ2) is 1.70. The van der Waals surface area contributed by atoms with Gasteiger partial charge in [-0.05, 0) is 5.92 Å². The van der Waals surface area contributed by atoms with Crippen LogP contribution in [0.15, 0.2) is 0 Å². The van der Waals surface area contributed by atoms with Crippen molar-refractivity contribution in [3.05, 3.63) is 0 Å². The Morgan fingerprint density at radius 2 is 1.67 bits per heavy atom. The molecule has 2 atom stereocenters. The molecule has 2 heteroatoms. The lowest BCUT2D eigenvalue weighted by molar-refractivity contribution is -0.0959. The van der Waals surface area contributed by atoms with E-state index in [2.05, 4.69) is 0 Å². The molecule has 1 aliphatic rings. The van der Waals surface area contributed by atoms with Crippen molar-refractivity contribution in [2.45, 2.75) is 26.6 Å². The summed E-state index contributed by atoms with van der Waals surface area (Å²) in [5, 5.41) is 18.2. The van der Waals surface area contributed by atoms with Crippen molar-refractivity contribution in [1.82, 2.24) is 0 Å². The zero-order valence-electron chi connectivity index (χ0n) is 6.13. The van der Waals surface area contributed by atoms with Crippen molar-refractivity contribution < 1.29 is 10.2 Å². The summed E-state index contributed by atoms with van der Waals surface area (Å²) in [6.07, 6.45) is 0. The first-order chi connectivity index (χ1) is 3.98. The molecule has 0 aromatic heterocycles. The first-order valence-corrected chi connectivity index (χ1v) is 3.42. The number of hydrogen-bond acceptors (Lipinski definition) is 2. The van der Waals surface area contributed by atoms with Crippen molar-refractivity contribution in [2.24, 2.45) is 17.8 Å².